The predicted octanol–water partition coefficient (Wildman–Crippen LogP) is 4.09. The van der Waals surface area contributed by atoms with E-state index in [4.69, 9.17) is 4.42 Å². The molecule has 160 valence electrons. The number of oxazole rings is 1. The first kappa shape index (κ1) is 23.9. The molecule has 1 aromatic carbocycles. The number of benzene rings is 1. The van der Waals surface area contributed by atoms with Crippen molar-refractivity contribution in [2.75, 3.05) is 12.3 Å². The average Bonchev–Trinajstić information content (AvgIpc) is 3.21. The smallest absolute Gasteiger partial charge is 0.216 e. The molecule has 1 saturated carbocycles. The summed E-state index contributed by atoms with van der Waals surface area (Å²) in [6.45, 7) is 5.20. The van der Waals surface area contributed by atoms with Crippen LogP contribution >= 0.6 is 24.0 Å². The highest BCUT2D eigenvalue weighted by atomic mass is 127. The van der Waals surface area contributed by atoms with E-state index in [9.17, 15) is 4.21 Å². The second-order valence-corrected chi connectivity index (χ2v) is 8.98. The highest BCUT2D eigenvalue weighted by Crippen LogP contribution is 2.23. The Labute approximate surface area is 192 Å². The van der Waals surface area contributed by atoms with Gasteiger partial charge >= 0.3 is 0 Å². The van der Waals surface area contributed by atoms with Crippen LogP contribution in [0.5, 0.6) is 0 Å². The number of hydrogen-bond acceptors (Lipinski definition) is 4. The van der Waals surface area contributed by atoms with Gasteiger partial charge in [0.25, 0.3) is 0 Å². The second-order valence-electron chi connectivity index (χ2n) is 6.98. The van der Waals surface area contributed by atoms with E-state index in [1.165, 1.54) is 0 Å². The summed E-state index contributed by atoms with van der Waals surface area (Å²) in [5, 5.41) is 7.09. The second kappa shape index (κ2) is 12.3. The minimum absolute atomic E-state index is 0. The standard InChI is InChI=1S/C21H30N4O2S.HI/c1-3-22-21(25-17-11-8-12-18(13-17)28(26)4-2)24-15-20-23-14-19(27-20)16-9-6-5-7-10-16;/h5-7,9-10,14,17-18H,3-4,8,11-13,15H2,1-2H3,(H2,22,24,25);1H. The van der Waals surface area contributed by atoms with E-state index in [1.807, 2.05) is 44.2 Å². The number of nitrogens with zero attached hydrogens (tertiary/aromatic N) is 2. The maximum absolute atomic E-state index is 12.2. The molecule has 0 bridgehead atoms. The molecule has 1 aliphatic carbocycles. The lowest BCUT2D eigenvalue weighted by Crippen LogP contribution is -2.46. The molecule has 3 rings (SSSR count). The maximum Gasteiger partial charge on any atom is 0.216 e. The van der Waals surface area contributed by atoms with E-state index in [-0.39, 0.29) is 24.0 Å². The van der Waals surface area contributed by atoms with Crippen LogP contribution in [0.25, 0.3) is 11.3 Å². The van der Waals surface area contributed by atoms with Crippen LogP contribution in [0.4, 0.5) is 0 Å². The molecule has 1 aliphatic rings. The molecule has 1 heterocycles. The summed E-state index contributed by atoms with van der Waals surface area (Å²) >= 11 is 0. The normalized spacial score (nSPS) is 20.6. The molecule has 1 aromatic heterocycles. The zero-order chi connectivity index (χ0) is 19.8. The Hall–Kier alpha value is -1.42. The summed E-state index contributed by atoms with van der Waals surface area (Å²) in [6, 6.07) is 10.2. The lowest BCUT2D eigenvalue weighted by atomic mass is 9.95. The van der Waals surface area contributed by atoms with Crippen molar-refractivity contribution in [3.05, 3.63) is 42.4 Å². The highest BCUT2D eigenvalue weighted by Gasteiger charge is 2.26. The van der Waals surface area contributed by atoms with Gasteiger partial charge in [-0.15, -0.1) is 24.0 Å². The third kappa shape index (κ3) is 7.09. The number of halogens is 1. The molecule has 3 unspecified atom stereocenters. The predicted molar refractivity (Wildman–Crippen MR) is 130 cm³/mol. The fourth-order valence-corrected chi connectivity index (χ4v) is 4.88. The SMILES string of the molecule is CCNC(=NCc1ncc(-c2ccccc2)o1)NC1CCCC(S(=O)CC)C1.I. The third-order valence-corrected chi connectivity index (χ3v) is 6.69. The van der Waals surface area contributed by atoms with E-state index in [1.54, 1.807) is 6.20 Å². The zero-order valence-electron chi connectivity index (χ0n) is 17.1. The van der Waals surface area contributed by atoms with Gasteiger partial charge in [-0.1, -0.05) is 43.7 Å². The lowest BCUT2D eigenvalue weighted by Gasteiger charge is -2.30. The van der Waals surface area contributed by atoms with Crippen LogP contribution in [0.15, 0.2) is 45.9 Å². The molecular formula is C21H31IN4O2S. The van der Waals surface area contributed by atoms with Crippen molar-refractivity contribution >= 4 is 40.7 Å². The number of aliphatic imine (C=N–C) groups is 1. The largest absolute Gasteiger partial charge is 0.439 e. The molecule has 0 amide bonds. The summed E-state index contributed by atoms with van der Waals surface area (Å²) in [5.74, 6) is 2.83. The molecule has 2 N–H and O–H groups in total. The molecule has 0 saturated heterocycles. The third-order valence-electron chi connectivity index (χ3n) is 4.95. The Morgan fingerprint density at radius 1 is 1.28 bits per heavy atom. The number of rotatable bonds is 7. The molecule has 1 fully saturated rings. The highest BCUT2D eigenvalue weighted by molar-refractivity contribution is 14.0. The number of hydrogen-bond donors (Lipinski definition) is 2. The van der Waals surface area contributed by atoms with Gasteiger partial charge in [0.05, 0.1) is 6.20 Å². The minimum Gasteiger partial charge on any atom is -0.439 e. The van der Waals surface area contributed by atoms with Crippen molar-refractivity contribution in [2.24, 2.45) is 4.99 Å². The topological polar surface area (TPSA) is 79.5 Å². The monoisotopic (exact) mass is 530 g/mol. The van der Waals surface area contributed by atoms with E-state index < -0.39 is 10.8 Å². The Balaban J connectivity index is 0.00000300. The van der Waals surface area contributed by atoms with Crippen LogP contribution in [-0.4, -0.2) is 38.7 Å². The molecule has 0 spiro atoms. The van der Waals surface area contributed by atoms with Crippen molar-refractivity contribution < 1.29 is 8.63 Å². The van der Waals surface area contributed by atoms with Gasteiger partial charge in [0.1, 0.15) is 6.54 Å². The van der Waals surface area contributed by atoms with Gasteiger partial charge in [0.2, 0.25) is 5.89 Å². The lowest BCUT2D eigenvalue weighted by molar-refractivity contribution is 0.413. The van der Waals surface area contributed by atoms with E-state index in [2.05, 4.69) is 20.6 Å². The van der Waals surface area contributed by atoms with Crippen molar-refractivity contribution in [3.63, 3.8) is 0 Å². The van der Waals surface area contributed by atoms with Crippen molar-refractivity contribution in [2.45, 2.75) is 57.4 Å². The summed E-state index contributed by atoms with van der Waals surface area (Å²) in [7, 11) is -0.727. The fraction of sp³-hybridized carbons (Fsp3) is 0.524. The minimum atomic E-state index is -0.727. The van der Waals surface area contributed by atoms with Crippen molar-refractivity contribution in [1.82, 2.24) is 15.6 Å². The molecule has 2 aromatic rings. The van der Waals surface area contributed by atoms with Crippen molar-refractivity contribution in [3.8, 4) is 11.3 Å². The molecule has 3 atom stereocenters. The van der Waals surface area contributed by atoms with Crippen LogP contribution < -0.4 is 10.6 Å². The maximum atomic E-state index is 12.2. The number of aromatic nitrogens is 1. The van der Waals surface area contributed by atoms with E-state index in [0.29, 0.717) is 23.7 Å². The van der Waals surface area contributed by atoms with Crippen molar-refractivity contribution in [1.29, 1.82) is 0 Å². The Morgan fingerprint density at radius 2 is 2.07 bits per heavy atom. The zero-order valence-corrected chi connectivity index (χ0v) is 20.2. The van der Waals surface area contributed by atoms with E-state index >= 15 is 0 Å². The average molecular weight is 530 g/mol. The summed E-state index contributed by atoms with van der Waals surface area (Å²) in [5.41, 5.74) is 1.01. The summed E-state index contributed by atoms with van der Waals surface area (Å²) < 4.78 is 18.0. The Kier molecular flexibility index (Phi) is 10.1. The first-order chi connectivity index (χ1) is 13.7. The fourth-order valence-electron chi connectivity index (χ4n) is 3.53. The van der Waals surface area contributed by atoms with Crippen LogP contribution in [-0.2, 0) is 17.3 Å². The van der Waals surface area contributed by atoms with Gasteiger partial charge in [-0.2, -0.15) is 0 Å². The number of nitrogens with one attached hydrogen (secondary N) is 2. The number of guanidine groups is 1. The Morgan fingerprint density at radius 3 is 2.79 bits per heavy atom. The van der Waals surface area contributed by atoms with Crippen LogP contribution in [0.1, 0.15) is 45.4 Å². The molecule has 0 aliphatic heterocycles. The molecule has 0 radical (unpaired) electrons. The van der Waals surface area contributed by atoms with Gasteiger partial charge in [-0.25, -0.2) is 9.98 Å². The molecule has 8 heteroatoms. The quantitative estimate of drug-likeness (QED) is 0.320. The Bertz CT molecular complexity index is 797. The van der Waals surface area contributed by atoms with Gasteiger partial charge in [0.15, 0.2) is 11.7 Å². The van der Waals surface area contributed by atoms with E-state index in [0.717, 1.165) is 55.3 Å². The van der Waals surface area contributed by atoms with Gasteiger partial charge in [-0.05, 0) is 26.2 Å². The van der Waals surface area contributed by atoms with Crippen LogP contribution in [0.2, 0.25) is 0 Å². The van der Waals surface area contributed by atoms with Crippen LogP contribution in [0, 0.1) is 0 Å². The van der Waals surface area contributed by atoms with Crippen LogP contribution in [0.3, 0.4) is 0 Å². The first-order valence-electron chi connectivity index (χ1n) is 10.1. The first-order valence-corrected chi connectivity index (χ1v) is 11.5. The molecule has 6 nitrogen and oxygen atoms in total. The van der Waals surface area contributed by atoms with Gasteiger partial charge in [0, 0.05) is 40.0 Å². The summed E-state index contributed by atoms with van der Waals surface area (Å²) in [6.07, 6.45) is 5.92. The van der Waals surface area contributed by atoms with Gasteiger partial charge < -0.3 is 15.1 Å². The molecular weight excluding hydrogens is 499 g/mol. The van der Waals surface area contributed by atoms with Gasteiger partial charge in [-0.3, -0.25) is 4.21 Å². The molecule has 29 heavy (non-hydrogen) atoms. The summed E-state index contributed by atoms with van der Waals surface area (Å²) in [4.78, 5) is 8.99.